The molecule has 2 nitrogen and oxygen atoms in total. The van der Waals surface area contributed by atoms with Crippen LogP contribution in [0.2, 0.25) is 0 Å². The molecule has 0 aromatic carbocycles. The fourth-order valence-corrected chi connectivity index (χ4v) is 3.25. The molecule has 0 aliphatic heterocycles. The third-order valence-electron chi connectivity index (χ3n) is 3.30. The first-order chi connectivity index (χ1) is 8.56. The van der Waals surface area contributed by atoms with E-state index >= 15 is 0 Å². The van der Waals surface area contributed by atoms with Gasteiger partial charge in [0.25, 0.3) is 0 Å². The van der Waals surface area contributed by atoms with Crippen LogP contribution >= 0.6 is 11.3 Å². The van der Waals surface area contributed by atoms with Gasteiger partial charge in [0, 0.05) is 11.4 Å². The van der Waals surface area contributed by atoms with Crippen molar-refractivity contribution in [1.82, 2.24) is 10.3 Å². The molecule has 1 aromatic heterocycles. The normalized spacial score (nSPS) is 15.9. The van der Waals surface area contributed by atoms with Gasteiger partial charge in [-0.3, -0.25) is 0 Å². The van der Waals surface area contributed by atoms with E-state index in [2.05, 4.69) is 33.0 Å². The van der Waals surface area contributed by atoms with Gasteiger partial charge in [-0.1, -0.05) is 27.7 Å². The average molecular weight is 266 g/mol. The van der Waals surface area contributed by atoms with E-state index in [1.165, 1.54) is 35.0 Å². The quantitative estimate of drug-likeness (QED) is 0.808. The second-order valence-corrected chi connectivity index (χ2v) is 7.36. The molecular formula is C15H26N2S. The van der Waals surface area contributed by atoms with Crippen LogP contribution < -0.4 is 5.32 Å². The fourth-order valence-electron chi connectivity index (χ4n) is 2.18. The molecule has 1 aliphatic carbocycles. The Labute approximate surface area is 115 Å². The molecule has 0 bridgehead atoms. The third kappa shape index (κ3) is 4.06. The Kier molecular flexibility index (Phi) is 4.79. The standard InChI is InChI=1S/C15H26N2S/c1-10(2)7-13-15(11(3)4)18-14(17-13)9-16-8-12-5-6-12/h10-12,16H,5-9H2,1-4H3. The van der Waals surface area contributed by atoms with Crippen LogP contribution in [-0.4, -0.2) is 11.5 Å². The first-order valence-electron chi connectivity index (χ1n) is 7.25. The molecule has 0 unspecified atom stereocenters. The van der Waals surface area contributed by atoms with Gasteiger partial charge in [0.05, 0.1) is 5.69 Å². The van der Waals surface area contributed by atoms with E-state index in [0.717, 1.165) is 18.9 Å². The number of rotatable bonds is 7. The lowest BCUT2D eigenvalue weighted by atomic mass is 10.0. The molecule has 1 aromatic rings. The highest BCUT2D eigenvalue weighted by Gasteiger charge is 2.21. The molecule has 1 N–H and O–H groups in total. The van der Waals surface area contributed by atoms with E-state index in [1.807, 2.05) is 11.3 Å². The zero-order valence-corrected chi connectivity index (χ0v) is 12.9. The lowest BCUT2D eigenvalue weighted by Crippen LogP contribution is -2.15. The summed E-state index contributed by atoms with van der Waals surface area (Å²) < 4.78 is 0. The number of nitrogens with zero attached hydrogens (tertiary/aromatic N) is 1. The molecular weight excluding hydrogens is 240 g/mol. The van der Waals surface area contributed by atoms with Gasteiger partial charge in [-0.25, -0.2) is 4.98 Å². The summed E-state index contributed by atoms with van der Waals surface area (Å²) in [5.41, 5.74) is 1.34. The molecule has 0 atom stereocenters. The molecule has 3 heteroatoms. The summed E-state index contributed by atoms with van der Waals surface area (Å²) in [7, 11) is 0. The molecule has 0 spiro atoms. The highest BCUT2D eigenvalue weighted by Crippen LogP contribution is 2.29. The van der Waals surface area contributed by atoms with Gasteiger partial charge >= 0.3 is 0 Å². The summed E-state index contributed by atoms with van der Waals surface area (Å²) in [6.07, 6.45) is 3.95. The van der Waals surface area contributed by atoms with Gasteiger partial charge in [0.15, 0.2) is 0 Å². The van der Waals surface area contributed by atoms with Crippen LogP contribution in [0.25, 0.3) is 0 Å². The zero-order valence-electron chi connectivity index (χ0n) is 12.1. The maximum absolute atomic E-state index is 4.84. The largest absolute Gasteiger partial charge is 0.310 e. The first-order valence-corrected chi connectivity index (χ1v) is 8.07. The molecule has 0 amide bonds. The molecule has 2 rings (SSSR count). The second kappa shape index (κ2) is 6.16. The summed E-state index contributed by atoms with van der Waals surface area (Å²) in [5.74, 6) is 2.25. The van der Waals surface area contributed by atoms with Gasteiger partial charge in [0.1, 0.15) is 5.01 Å². The minimum absolute atomic E-state index is 0.605. The van der Waals surface area contributed by atoms with E-state index in [0.29, 0.717) is 11.8 Å². The van der Waals surface area contributed by atoms with Gasteiger partial charge in [-0.05, 0) is 43.6 Å². The lowest BCUT2D eigenvalue weighted by molar-refractivity contribution is 0.617. The van der Waals surface area contributed by atoms with Crippen molar-refractivity contribution in [1.29, 1.82) is 0 Å². The van der Waals surface area contributed by atoms with Crippen molar-refractivity contribution in [2.24, 2.45) is 11.8 Å². The van der Waals surface area contributed by atoms with Crippen LogP contribution in [-0.2, 0) is 13.0 Å². The van der Waals surface area contributed by atoms with Gasteiger partial charge in [0.2, 0.25) is 0 Å². The first kappa shape index (κ1) is 14.0. The molecule has 0 saturated heterocycles. The highest BCUT2D eigenvalue weighted by atomic mass is 32.1. The molecule has 0 radical (unpaired) electrons. The maximum atomic E-state index is 4.84. The fraction of sp³-hybridized carbons (Fsp3) is 0.800. The van der Waals surface area contributed by atoms with Crippen molar-refractivity contribution in [2.75, 3.05) is 6.54 Å². The minimum Gasteiger partial charge on any atom is -0.310 e. The number of hydrogen-bond acceptors (Lipinski definition) is 3. The Morgan fingerprint density at radius 3 is 2.56 bits per heavy atom. The van der Waals surface area contributed by atoms with E-state index in [4.69, 9.17) is 4.98 Å². The predicted octanol–water partition coefficient (Wildman–Crippen LogP) is 3.96. The van der Waals surface area contributed by atoms with E-state index < -0.39 is 0 Å². The Hall–Kier alpha value is -0.410. The van der Waals surface area contributed by atoms with Gasteiger partial charge in [-0.15, -0.1) is 11.3 Å². The third-order valence-corrected chi connectivity index (χ3v) is 4.70. The number of thiazole rings is 1. The summed E-state index contributed by atoms with van der Waals surface area (Å²) in [4.78, 5) is 6.34. The number of hydrogen-bond donors (Lipinski definition) is 1. The molecule has 18 heavy (non-hydrogen) atoms. The van der Waals surface area contributed by atoms with Crippen molar-refractivity contribution in [3.05, 3.63) is 15.6 Å². The monoisotopic (exact) mass is 266 g/mol. The molecule has 1 heterocycles. The summed E-state index contributed by atoms with van der Waals surface area (Å²) >= 11 is 1.91. The van der Waals surface area contributed by atoms with E-state index in [9.17, 15) is 0 Å². The van der Waals surface area contributed by atoms with Crippen LogP contribution in [0.3, 0.4) is 0 Å². The summed E-state index contributed by atoms with van der Waals surface area (Å²) in [5, 5.41) is 4.82. The average Bonchev–Trinajstić information content (AvgIpc) is 2.99. The van der Waals surface area contributed by atoms with E-state index in [1.54, 1.807) is 0 Å². The lowest BCUT2D eigenvalue weighted by Gasteiger charge is -2.06. The highest BCUT2D eigenvalue weighted by molar-refractivity contribution is 7.11. The van der Waals surface area contributed by atoms with Crippen LogP contribution in [0.5, 0.6) is 0 Å². The second-order valence-electron chi connectivity index (χ2n) is 6.25. The Morgan fingerprint density at radius 2 is 2.00 bits per heavy atom. The molecule has 1 aliphatic rings. The minimum atomic E-state index is 0.605. The maximum Gasteiger partial charge on any atom is 0.107 e. The van der Waals surface area contributed by atoms with Crippen molar-refractivity contribution in [2.45, 2.75) is 59.4 Å². The van der Waals surface area contributed by atoms with Crippen LogP contribution in [0.4, 0.5) is 0 Å². The van der Waals surface area contributed by atoms with Crippen LogP contribution in [0, 0.1) is 11.8 Å². The summed E-state index contributed by atoms with van der Waals surface area (Å²) in [6.45, 7) is 11.2. The number of nitrogens with one attached hydrogen (secondary N) is 1. The Bertz CT molecular complexity index is 378. The van der Waals surface area contributed by atoms with Crippen molar-refractivity contribution >= 4 is 11.3 Å². The predicted molar refractivity (Wildman–Crippen MR) is 79.2 cm³/mol. The molecule has 102 valence electrons. The van der Waals surface area contributed by atoms with Crippen molar-refractivity contribution in [3.8, 4) is 0 Å². The van der Waals surface area contributed by atoms with Crippen molar-refractivity contribution < 1.29 is 0 Å². The van der Waals surface area contributed by atoms with Crippen molar-refractivity contribution in [3.63, 3.8) is 0 Å². The summed E-state index contributed by atoms with van der Waals surface area (Å²) in [6, 6.07) is 0. The topological polar surface area (TPSA) is 24.9 Å². The number of aromatic nitrogens is 1. The molecule has 1 saturated carbocycles. The molecule has 1 fully saturated rings. The van der Waals surface area contributed by atoms with Gasteiger partial charge < -0.3 is 5.32 Å². The van der Waals surface area contributed by atoms with E-state index in [-0.39, 0.29) is 0 Å². The Morgan fingerprint density at radius 1 is 1.28 bits per heavy atom. The van der Waals surface area contributed by atoms with Gasteiger partial charge in [-0.2, -0.15) is 0 Å². The SMILES string of the molecule is CC(C)Cc1nc(CNCC2CC2)sc1C(C)C. The van der Waals surface area contributed by atoms with Crippen LogP contribution in [0.15, 0.2) is 0 Å². The van der Waals surface area contributed by atoms with Crippen LogP contribution in [0.1, 0.15) is 62.0 Å². The zero-order chi connectivity index (χ0) is 13.1. The Balaban J connectivity index is 1.96. The smallest absolute Gasteiger partial charge is 0.107 e.